The summed E-state index contributed by atoms with van der Waals surface area (Å²) in [6.07, 6.45) is 1.19. The van der Waals surface area contributed by atoms with Gasteiger partial charge in [-0.25, -0.2) is 0 Å². The summed E-state index contributed by atoms with van der Waals surface area (Å²) in [5.41, 5.74) is 0.273. The Labute approximate surface area is 171 Å². The maximum absolute atomic E-state index is 14.0. The number of benzene rings is 1. The van der Waals surface area contributed by atoms with Gasteiger partial charge in [-0.2, -0.15) is 10.1 Å². The van der Waals surface area contributed by atoms with Crippen molar-refractivity contribution in [2.75, 3.05) is 26.4 Å². The lowest BCUT2D eigenvalue weighted by molar-refractivity contribution is 0.0629. The molecule has 0 aliphatic carbocycles. The quantitative estimate of drug-likeness (QED) is 0.454. The Morgan fingerprint density at radius 2 is 1.38 bits per heavy atom. The van der Waals surface area contributed by atoms with Crippen LogP contribution in [0.4, 0.5) is 0 Å². The van der Waals surface area contributed by atoms with Gasteiger partial charge in [0, 0.05) is 18.2 Å². The molecule has 162 valence electrons. The van der Waals surface area contributed by atoms with Crippen molar-refractivity contribution in [1.82, 2.24) is 5.01 Å². The van der Waals surface area contributed by atoms with E-state index < -0.39 is 26.1 Å². The van der Waals surface area contributed by atoms with Crippen molar-refractivity contribution in [3.8, 4) is 0 Å². The van der Waals surface area contributed by atoms with Crippen LogP contribution in [-0.2, 0) is 27.2 Å². The molecule has 0 saturated heterocycles. The van der Waals surface area contributed by atoms with Crippen molar-refractivity contribution < 1.29 is 32.0 Å². The van der Waals surface area contributed by atoms with E-state index in [4.69, 9.17) is 18.1 Å². The maximum atomic E-state index is 14.0. The monoisotopic (exact) mass is 446 g/mol. The van der Waals surface area contributed by atoms with Crippen LogP contribution in [0.2, 0.25) is 0 Å². The molecule has 0 radical (unpaired) electrons. The van der Waals surface area contributed by atoms with Gasteiger partial charge in [0.2, 0.25) is 0 Å². The Balaban J connectivity index is 2.74. The molecule has 0 unspecified atom stereocenters. The van der Waals surface area contributed by atoms with Gasteiger partial charge in [0.05, 0.1) is 26.4 Å². The SMILES string of the molecule is CCOP(=O)(OCC)C1(P(=O)(OCC)OCC)CC=NN1C(=O)c1ccccc1. The molecule has 0 atom stereocenters. The average Bonchev–Trinajstić information content (AvgIpc) is 3.16. The first-order chi connectivity index (χ1) is 13.9. The number of hydrogen-bond acceptors (Lipinski definition) is 8. The Morgan fingerprint density at radius 1 is 0.931 bits per heavy atom. The third kappa shape index (κ3) is 4.26. The first kappa shape index (κ1) is 23.9. The number of carbonyl (C=O) groups excluding carboxylic acids is 1. The summed E-state index contributed by atoms with van der Waals surface area (Å²) in [6, 6.07) is 8.29. The zero-order valence-corrected chi connectivity index (χ0v) is 18.9. The van der Waals surface area contributed by atoms with Gasteiger partial charge in [-0.3, -0.25) is 13.9 Å². The van der Waals surface area contributed by atoms with E-state index >= 15 is 0 Å². The molecule has 0 fully saturated rings. The van der Waals surface area contributed by atoms with Crippen molar-refractivity contribution in [2.45, 2.75) is 39.1 Å². The van der Waals surface area contributed by atoms with Crippen molar-refractivity contribution in [3.63, 3.8) is 0 Å². The topological polar surface area (TPSA) is 104 Å². The van der Waals surface area contributed by atoms with Crippen molar-refractivity contribution in [1.29, 1.82) is 0 Å². The molecule has 1 aliphatic heterocycles. The molecular weight excluding hydrogens is 418 g/mol. The van der Waals surface area contributed by atoms with Crippen LogP contribution < -0.4 is 0 Å². The molecule has 2 rings (SSSR count). The second-order valence-corrected chi connectivity index (χ2v) is 10.8. The van der Waals surface area contributed by atoms with Gasteiger partial charge in [0.1, 0.15) is 0 Å². The summed E-state index contributed by atoms with van der Waals surface area (Å²) < 4.78 is 50.2. The van der Waals surface area contributed by atoms with Gasteiger partial charge >= 0.3 is 15.2 Å². The molecule has 0 bridgehead atoms. The van der Waals surface area contributed by atoms with Gasteiger partial charge in [-0.15, -0.1) is 0 Å². The molecule has 29 heavy (non-hydrogen) atoms. The van der Waals surface area contributed by atoms with Crippen molar-refractivity contribution in [2.24, 2.45) is 5.10 Å². The number of amides is 1. The highest BCUT2D eigenvalue weighted by Gasteiger charge is 2.72. The highest BCUT2D eigenvalue weighted by atomic mass is 31.2. The Kier molecular flexibility index (Phi) is 8.35. The summed E-state index contributed by atoms with van der Waals surface area (Å²) in [4.78, 5) is 13.3. The molecule has 0 N–H and O–H groups in total. The Morgan fingerprint density at radius 3 is 1.79 bits per heavy atom. The number of hydrazone groups is 1. The van der Waals surface area contributed by atoms with E-state index in [1.807, 2.05) is 0 Å². The summed E-state index contributed by atoms with van der Waals surface area (Å²) >= 11 is 0. The van der Waals surface area contributed by atoms with E-state index in [2.05, 4.69) is 5.10 Å². The standard InChI is InChI=1S/C18H28N2O7P2/c1-5-24-28(22,25-6-2)18(29(23,26-7-3)27-8-4)14-15-19-20(18)17(21)16-12-10-9-11-13-16/h9-13,15H,5-8,14H2,1-4H3. The van der Waals surface area contributed by atoms with Crippen LogP contribution in [0, 0.1) is 0 Å². The first-order valence-electron chi connectivity index (χ1n) is 9.56. The summed E-state index contributed by atoms with van der Waals surface area (Å²) in [7, 11) is -8.48. The largest absolute Gasteiger partial charge is 0.371 e. The lowest BCUT2D eigenvalue weighted by atomic mass is 10.2. The minimum Gasteiger partial charge on any atom is -0.307 e. The van der Waals surface area contributed by atoms with Crippen LogP contribution in [0.5, 0.6) is 0 Å². The molecule has 1 heterocycles. The highest BCUT2D eigenvalue weighted by Crippen LogP contribution is 2.80. The summed E-state index contributed by atoms with van der Waals surface area (Å²) in [6.45, 7) is 6.54. The third-order valence-electron chi connectivity index (χ3n) is 4.19. The second-order valence-electron chi connectivity index (χ2n) is 5.93. The lowest BCUT2D eigenvalue weighted by Crippen LogP contribution is -2.47. The Bertz CT molecular complexity index is 766. The number of nitrogens with zero attached hydrogens (tertiary/aromatic N) is 2. The number of carbonyl (C=O) groups is 1. The average molecular weight is 446 g/mol. The van der Waals surface area contributed by atoms with Crippen LogP contribution in [0.3, 0.4) is 0 Å². The Hall–Kier alpha value is -1.34. The fourth-order valence-corrected chi connectivity index (χ4v) is 8.70. The van der Waals surface area contributed by atoms with Gasteiger partial charge in [0.15, 0.2) is 0 Å². The molecule has 1 amide bonds. The van der Waals surface area contributed by atoms with E-state index in [1.165, 1.54) is 6.21 Å². The summed E-state index contributed by atoms with van der Waals surface area (Å²) in [5.74, 6) is -0.612. The van der Waals surface area contributed by atoms with Gasteiger partial charge < -0.3 is 18.1 Å². The van der Waals surface area contributed by atoms with Crippen molar-refractivity contribution in [3.05, 3.63) is 35.9 Å². The first-order valence-corrected chi connectivity index (χ1v) is 12.6. The van der Waals surface area contributed by atoms with Crippen LogP contribution in [-0.4, -0.2) is 48.6 Å². The predicted molar refractivity (Wildman–Crippen MR) is 110 cm³/mol. The number of rotatable bonds is 11. The number of hydrogen-bond donors (Lipinski definition) is 0. The van der Waals surface area contributed by atoms with Gasteiger partial charge in [-0.05, 0) is 39.8 Å². The van der Waals surface area contributed by atoms with Crippen LogP contribution >= 0.6 is 15.2 Å². The van der Waals surface area contributed by atoms with E-state index in [9.17, 15) is 13.9 Å². The molecule has 11 heteroatoms. The molecule has 1 aliphatic rings. The van der Waals surface area contributed by atoms with E-state index in [1.54, 1.807) is 58.0 Å². The zero-order chi connectivity index (χ0) is 21.5. The minimum absolute atomic E-state index is 0.00461. The fourth-order valence-electron chi connectivity index (χ4n) is 3.12. The van der Waals surface area contributed by atoms with Crippen LogP contribution in [0.1, 0.15) is 44.5 Å². The molecule has 0 saturated carbocycles. The van der Waals surface area contributed by atoms with Gasteiger partial charge in [0.25, 0.3) is 10.9 Å². The van der Waals surface area contributed by atoms with Crippen molar-refractivity contribution >= 4 is 27.3 Å². The molecular formula is C18H28N2O7P2. The molecule has 1 aromatic rings. The van der Waals surface area contributed by atoms with Crippen LogP contribution in [0.25, 0.3) is 0 Å². The third-order valence-corrected chi connectivity index (χ3v) is 10.5. The predicted octanol–water partition coefficient (Wildman–Crippen LogP) is 4.70. The van der Waals surface area contributed by atoms with Gasteiger partial charge in [-0.1, -0.05) is 18.2 Å². The second kappa shape index (κ2) is 10.1. The minimum atomic E-state index is -4.24. The van der Waals surface area contributed by atoms with E-state index in [0.29, 0.717) is 0 Å². The normalized spacial score (nSPS) is 16.3. The fraction of sp³-hybridized carbons (Fsp3) is 0.556. The zero-order valence-electron chi connectivity index (χ0n) is 17.1. The smallest absolute Gasteiger partial charge is 0.307 e. The van der Waals surface area contributed by atoms with E-state index in [-0.39, 0.29) is 38.4 Å². The molecule has 1 aromatic carbocycles. The molecule has 9 nitrogen and oxygen atoms in total. The van der Waals surface area contributed by atoms with E-state index in [0.717, 1.165) is 5.01 Å². The lowest BCUT2D eigenvalue weighted by Gasteiger charge is -2.43. The molecule has 0 aromatic heterocycles. The van der Waals surface area contributed by atoms with Crippen LogP contribution in [0.15, 0.2) is 35.4 Å². The summed E-state index contributed by atoms with van der Waals surface area (Å²) in [5, 5.41) is 2.96. The molecule has 0 spiro atoms. The maximum Gasteiger partial charge on any atom is 0.371 e. The highest BCUT2D eigenvalue weighted by molar-refractivity contribution is 7.74.